The molecule has 0 aliphatic rings. The van der Waals surface area contributed by atoms with Crippen molar-refractivity contribution in [3.63, 3.8) is 0 Å². The first kappa shape index (κ1) is 13.6. The van der Waals surface area contributed by atoms with Crippen LogP contribution in [0, 0.1) is 6.92 Å². The summed E-state index contributed by atoms with van der Waals surface area (Å²) in [6, 6.07) is 0. The summed E-state index contributed by atoms with van der Waals surface area (Å²) in [4.78, 5) is 8.15. The lowest BCUT2D eigenvalue weighted by atomic mass is 10.3. The Labute approximate surface area is 98.1 Å². The molecule has 0 spiro atoms. The normalized spacial score (nSPS) is 12.8. The Hall–Kier alpha value is -1.50. The monoisotopic (exact) mass is 246 g/mol. The van der Waals surface area contributed by atoms with Crippen LogP contribution in [0.5, 0.6) is 0 Å². The number of aliphatic hydroxyl groups excluding tert-OH is 1. The lowest BCUT2D eigenvalue weighted by Crippen LogP contribution is -2.27. The Morgan fingerprint density at radius 1 is 1.41 bits per heavy atom. The predicted molar refractivity (Wildman–Crippen MR) is 61.1 cm³/mol. The first-order chi connectivity index (χ1) is 7.95. The third-order valence-electron chi connectivity index (χ3n) is 2.32. The molecule has 1 aromatic heterocycles. The van der Waals surface area contributed by atoms with E-state index >= 15 is 0 Å². The molecule has 17 heavy (non-hydrogen) atoms. The number of aromatic nitrogens is 2. The van der Waals surface area contributed by atoms with Gasteiger partial charge >= 0.3 is 0 Å². The zero-order valence-corrected chi connectivity index (χ0v) is 9.74. The molecule has 5 nitrogen and oxygen atoms in total. The molecular formula is C10H16F2N4O. The van der Waals surface area contributed by atoms with Gasteiger partial charge in [-0.1, -0.05) is 6.92 Å². The van der Waals surface area contributed by atoms with Gasteiger partial charge in [-0.3, -0.25) is 0 Å². The molecule has 7 heteroatoms. The number of alkyl halides is 2. The van der Waals surface area contributed by atoms with Gasteiger partial charge in [-0.2, -0.15) is 0 Å². The summed E-state index contributed by atoms with van der Waals surface area (Å²) >= 11 is 0. The van der Waals surface area contributed by atoms with Crippen LogP contribution in [0.25, 0.3) is 0 Å². The van der Waals surface area contributed by atoms with Gasteiger partial charge in [0.05, 0.1) is 0 Å². The fourth-order valence-electron chi connectivity index (χ4n) is 1.20. The minimum absolute atomic E-state index is 0.280. The first-order valence-corrected chi connectivity index (χ1v) is 5.28. The van der Waals surface area contributed by atoms with E-state index in [2.05, 4.69) is 15.3 Å². The first-order valence-electron chi connectivity index (χ1n) is 5.28. The largest absolute Gasteiger partial charge is 0.385 e. The van der Waals surface area contributed by atoms with Crippen molar-refractivity contribution in [1.82, 2.24) is 9.97 Å². The van der Waals surface area contributed by atoms with Gasteiger partial charge in [-0.25, -0.2) is 18.7 Å². The van der Waals surface area contributed by atoms with Crippen molar-refractivity contribution in [2.24, 2.45) is 0 Å². The highest BCUT2D eigenvalue weighted by atomic mass is 19.3. The van der Waals surface area contributed by atoms with Crippen molar-refractivity contribution >= 4 is 11.6 Å². The Morgan fingerprint density at radius 2 is 2.06 bits per heavy atom. The molecule has 1 rings (SSSR count). The minimum Gasteiger partial charge on any atom is -0.385 e. The van der Waals surface area contributed by atoms with E-state index in [0.29, 0.717) is 29.4 Å². The summed E-state index contributed by atoms with van der Waals surface area (Å²) in [5.74, 6) is 1.22. The van der Waals surface area contributed by atoms with E-state index < -0.39 is 12.5 Å². The fourth-order valence-corrected chi connectivity index (χ4v) is 1.20. The molecule has 4 N–H and O–H groups in total. The van der Waals surface area contributed by atoms with Crippen molar-refractivity contribution < 1.29 is 13.9 Å². The summed E-state index contributed by atoms with van der Waals surface area (Å²) in [6.07, 6.45) is -3.92. The second-order valence-corrected chi connectivity index (χ2v) is 3.63. The average Bonchev–Trinajstić information content (AvgIpc) is 2.30. The number of aryl methyl sites for hydroxylation is 1. The summed E-state index contributed by atoms with van der Waals surface area (Å²) in [5, 5.41) is 11.6. The molecule has 0 saturated heterocycles. The molecular weight excluding hydrogens is 230 g/mol. The molecule has 0 aliphatic heterocycles. The summed E-state index contributed by atoms with van der Waals surface area (Å²) in [6.45, 7) is 3.27. The van der Waals surface area contributed by atoms with E-state index in [1.165, 1.54) is 0 Å². The molecule has 1 aromatic rings. The molecule has 0 bridgehead atoms. The zero-order chi connectivity index (χ0) is 13.0. The number of nitrogens with one attached hydrogen (secondary N) is 1. The van der Waals surface area contributed by atoms with Gasteiger partial charge in [-0.15, -0.1) is 0 Å². The number of nitrogens with two attached hydrogens (primary N) is 1. The van der Waals surface area contributed by atoms with Crippen LogP contribution in [-0.4, -0.2) is 34.1 Å². The van der Waals surface area contributed by atoms with Crippen LogP contribution in [-0.2, 0) is 6.42 Å². The summed E-state index contributed by atoms with van der Waals surface area (Å²) in [7, 11) is 0. The van der Waals surface area contributed by atoms with Crippen molar-refractivity contribution in [3.8, 4) is 0 Å². The van der Waals surface area contributed by atoms with Gasteiger partial charge in [0.2, 0.25) is 0 Å². The van der Waals surface area contributed by atoms with Gasteiger partial charge in [0, 0.05) is 18.5 Å². The van der Waals surface area contributed by atoms with E-state index in [-0.39, 0.29) is 6.54 Å². The molecule has 1 heterocycles. The number of nitrogen functional groups attached to an aromatic ring is 1. The van der Waals surface area contributed by atoms with Crippen LogP contribution >= 0.6 is 0 Å². The molecule has 0 fully saturated rings. The molecule has 1 atom stereocenters. The van der Waals surface area contributed by atoms with Gasteiger partial charge in [0.1, 0.15) is 23.6 Å². The van der Waals surface area contributed by atoms with E-state index in [4.69, 9.17) is 10.8 Å². The molecule has 0 radical (unpaired) electrons. The highest BCUT2D eigenvalue weighted by Gasteiger charge is 2.17. The predicted octanol–water partition coefficient (Wildman–Crippen LogP) is 0.968. The molecule has 0 aliphatic carbocycles. The lowest BCUT2D eigenvalue weighted by molar-refractivity contribution is 0.00380. The quantitative estimate of drug-likeness (QED) is 0.721. The van der Waals surface area contributed by atoms with Crippen molar-refractivity contribution in [3.05, 3.63) is 11.4 Å². The van der Waals surface area contributed by atoms with E-state index in [0.717, 1.165) is 0 Å². The van der Waals surface area contributed by atoms with Crippen LogP contribution in [0.15, 0.2) is 0 Å². The minimum atomic E-state index is -2.78. The van der Waals surface area contributed by atoms with E-state index in [1.54, 1.807) is 6.92 Å². The van der Waals surface area contributed by atoms with Crippen LogP contribution in [0.3, 0.4) is 0 Å². The molecule has 0 saturated carbocycles. The summed E-state index contributed by atoms with van der Waals surface area (Å²) < 4.78 is 24.2. The van der Waals surface area contributed by atoms with Gasteiger partial charge in [-0.05, 0) is 6.92 Å². The van der Waals surface area contributed by atoms with Crippen molar-refractivity contribution in [2.75, 3.05) is 17.6 Å². The molecule has 96 valence electrons. The number of hydrogen-bond acceptors (Lipinski definition) is 5. The van der Waals surface area contributed by atoms with Crippen LogP contribution < -0.4 is 11.1 Å². The fraction of sp³-hybridized carbons (Fsp3) is 0.600. The maximum atomic E-state index is 12.1. The second kappa shape index (κ2) is 5.72. The highest BCUT2D eigenvalue weighted by Crippen LogP contribution is 2.17. The number of aliphatic hydroxyl groups is 1. The van der Waals surface area contributed by atoms with Gasteiger partial charge < -0.3 is 16.2 Å². The number of hydrogen-bond donors (Lipinski definition) is 3. The number of anilines is 2. The number of nitrogens with zero attached hydrogens (tertiary/aromatic N) is 2. The van der Waals surface area contributed by atoms with Crippen molar-refractivity contribution in [1.29, 1.82) is 0 Å². The lowest BCUT2D eigenvalue weighted by Gasteiger charge is -2.14. The topological polar surface area (TPSA) is 84.1 Å². The number of halogens is 2. The third kappa shape index (κ3) is 3.48. The molecule has 0 aromatic carbocycles. The third-order valence-corrected chi connectivity index (χ3v) is 2.32. The van der Waals surface area contributed by atoms with E-state index in [1.807, 2.05) is 6.92 Å². The Morgan fingerprint density at radius 3 is 2.59 bits per heavy atom. The summed E-state index contributed by atoms with van der Waals surface area (Å²) in [5.41, 5.74) is 6.25. The maximum Gasteiger partial charge on any atom is 0.265 e. The Bertz CT molecular complexity index is 387. The highest BCUT2D eigenvalue weighted by molar-refractivity contribution is 5.54. The molecule has 0 amide bonds. The Kier molecular flexibility index (Phi) is 4.56. The SMILES string of the molecule is CCc1nc(N)c(C)c(NCC(O)C(F)F)n1. The maximum absolute atomic E-state index is 12.1. The number of rotatable bonds is 5. The van der Waals surface area contributed by atoms with Crippen LogP contribution in [0.4, 0.5) is 20.4 Å². The van der Waals surface area contributed by atoms with Crippen molar-refractivity contribution in [2.45, 2.75) is 32.8 Å². The Balaban J connectivity index is 2.80. The zero-order valence-electron chi connectivity index (χ0n) is 9.74. The standard InChI is InChI=1S/C10H16F2N4O/c1-3-7-15-9(13)5(2)10(16-7)14-4-6(17)8(11)12/h6,8,17H,3-4H2,1-2H3,(H3,13,14,15,16). The van der Waals surface area contributed by atoms with E-state index in [9.17, 15) is 8.78 Å². The molecule has 1 unspecified atom stereocenters. The van der Waals surface area contributed by atoms with Gasteiger partial charge in [0.25, 0.3) is 6.43 Å². The smallest absolute Gasteiger partial charge is 0.265 e. The van der Waals surface area contributed by atoms with Crippen LogP contribution in [0.2, 0.25) is 0 Å². The average molecular weight is 246 g/mol. The second-order valence-electron chi connectivity index (χ2n) is 3.63. The van der Waals surface area contributed by atoms with Gasteiger partial charge in [0.15, 0.2) is 0 Å². The van der Waals surface area contributed by atoms with Crippen LogP contribution in [0.1, 0.15) is 18.3 Å².